The molecule has 2 aliphatic heterocycles. The molecule has 2 saturated heterocycles. The van der Waals surface area contributed by atoms with Crippen molar-refractivity contribution in [3.63, 3.8) is 0 Å². The second-order valence-electron chi connectivity index (χ2n) is 18.2. The van der Waals surface area contributed by atoms with Crippen LogP contribution in [0.5, 0.6) is 28.7 Å². The van der Waals surface area contributed by atoms with Gasteiger partial charge in [0.05, 0.1) is 7.11 Å². The van der Waals surface area contributed by atoms with Crippen LogP contribution in [-0.2, 0) is 80.8 Å². The Morgan fingerprint density at radius 3 is 1.45 bits per heavy atom. The van der Waals surface area contributed by atoms with E-state index in [-0.39, 0.29) is 44.5 Å². The van der Waals surface area contributed by atoms with Crippen LogP contribution >= 0.6 is 0 Å². The van der Waals surface area contributed by atoms with Crippen molar-refractivity contribution in [3.05, 3.63) is 185 Å². The first-order valence-corrected chi connectivity index (χ1v) is 29.6. The molecule has 0 bridgehead atoms. The first-order chi connectivity index (χ1) is 37.0. The van der Waals surface area contributed by atoms with Crippen molar-refractivity contribution in [1.82, 2.24) is 0 Å². The SMILES string of the molecule is COc1ccc(COC[C@@H]2[C@@H](OCc3ccc(OC)cc3)[C@H](OCc3ccc(OC)cc3)C[Se+]2C[C@@H](OCc2ccc(OC)cc2)[C@@H](OS(=O)(=O)O)[C@@H]2OC(c3ccccc3)OC[C@H]2OCc2ccc(OC)cc2)cc1. The first kappa shape index (κ1) is 56.6. The van der Waals surface area contributed by atoms with Gasteiger partial charge < -0.3 is 0 Å². The Balaban J connectivity index is 1.17. The average molecular weight is 1130 g/mol. The maximum atomic E-state index is 13.3. The summed E-state index contributed by atoms with van der Waals surface area (Å²) in [6, 6.07) is 47.3. The van der Waals surface area contributed by atoms with E-state index in [0.29, 0.717) is 34.3 Å². The fraction of sp³-hybridized carbons (Fsp3) is 0.379. The monoisotopic (exact) mass is 1130 g/mol. The van der Waals surface area contributed by atoms with Crippen LogP contribution in [0.4, 0.5) is 0 Å². The van der Waals surface area contributed by atoms with E-state index in [1.807, 2.05) is 152 Å². The van der Waals surface area contributed by atoms with Gasteiger partial charge in [-0.3, -0.25) is 0 Å². The van der Waals surface area contributed by atoms with Gasteiger partial charge in [-0.25, -0.2) is 0 Å². The van der Waals surface area contributed by atoms with E-state index < -0.39 is 67.2 Å². The second-order valence-corrected chi connectivity index (χ2v) is 24.1. The normalized spacial score (nSPS) is 21.4. The van der Waals surface area contributed by atoms with Crippen molar-refractivity contribution >= 4 is 24.3 Å². The molecule has 406 valence electrons. The Kier molecular flexibility index (Phi) is 21.0. The third-order valence-corrected chi connectivity index (χ3v) is 19.4. The van der Waals surface area contributed by atoms with Gasteiger partial charge in [-0.15, -0.1) is 0 Å². The van der Waals surface area contributed by atoms with Crippen molar-refractivity contribution in [2.24, 2.45) is 0 Å². The predicted octanol–water partition coefficient (Wildman–Crippen LogP) is 9.77. The van der Waals surface area contributed by atoms with Crippen LogP contribution in [0, 0.1) is 0 Å². The van der Waals surface area contributed by atoms with Gasteiger partial charge in [-0.1, -0.05) is 0 Å². The number of rotatable bonds is 28. The summed E-state index contributed by atoms with van der Waals surface area (Å²) in [6.45, 7) is 1.26. The molecule has 0 aliphatic carbocycles. The summed E-state index contributed by atoms with van der Waals surface area (Å²) in [5.41, 5.74) is 5.12. The van der Waals surface area contributed by atoms with Crippen molar-refractivity contribution < 1.29 is 74.0 Å². The van der Waals surface area contributed by atoms with E-state index in [9.17, 15) is 13.0 Å². The third-order valence-electron chi connectivity index (χ3n) is 13.2. The van der Waals surface area contributed by atoms with Crippen molar-refractivity contribution in [2.45, 2.75) is 91.4 Å². The van der Waals surface area contributed by atoms with Gasteiger partial charge in [0.25, 0.3) is 0 Å². The molecule has 16 nitrogen and oxygen atoms in total. The Hall–Kier alpha value is -5.57. The van der Waals surface area contributed by atoms with Gasteiger partial charge in [-0.2, -0.15) is 0 Å². The molecule has 2 unspecified atom stereocenters. The molecule has 6 aromatic carbocycles. The quantitative estimate of drug-likeness (QED) is 0.0363. The Morgan fingerprint density at radius 1 is 0.553 bits per heavy atom. The zero-order valence-electron chi connectivity index (χ0n) is 43.3. The molecule has 0 aromatic heterocycles. The Labute approximate surface area is 450 Å². The molecule has 9 atom stereocenters. The van der Waals surface area contributed by atoms with Crippen LogP contribution in [-0.4, -0.2) is 112 Å². The number of ether oxygens (including phenoxy) is 12. The van der Waals surface area contributed by atoms with E-state index in [1.165, 1.54) is 0 Å². The van der Waals surface area contributed by atoms with E-state index in [0.717, 1.165) is 45.1 Å². The Morgan fingerprint density at radius 2 is 0.987 bits per heavy atom. The van der Waals surface area contributed by atoms with Crippen molar-refractivity contribution in [3.8, 4) is 28.7 Å². The topological polar surface area (TPSA) is 174 Å². The first-order valence-electron chi connectivity index (χ1n) is 24.8. The minimum absolute atomic E-state index is 0.0129. The van der Waals surface area contributed by atoms with E-state index in [4.69, 9.17) is 61.0 Å². The van der Waals surface area contributed by atoms with E-state index in [1.54, 1.807) is 35.5 Å². The molecular formula is C58H67O16SSe+. The van der Waals surface area contributed by atoms with Gasteiger partial charge >= 0.3 is 445 Å². The summed E-state index contributed by atoms with van der Waals surface area (Å²) in [6.07, 6.45) is -6.43. The summed E-state index contributed by atoms with van der Waals surface area (Å²) < 4.78 is 118. The molecule has 0 radical (unpaired) electrons. The molecule has 8 rings (SSSR count). The molecule has 6 aromatic rings. The molecule has 76 heavy (non-hydrogen) atoms. The van der Waals surface area contributed by atoms with Crippen LogP contribution in [0.15, 0.2) is 152 Å². The molecule has 0 amide bonds. The molecular weight excluding hydrogens is 1060 g/mol. The minimum atomic E-state index is -5.17. The van der Waals surface area contributed by atoms with Gasteiger partial charge in [0.2, 0.25) is 0 Å². The summed E-state index contributed by atoms with van der Waals surface area (Å²) >= 11 is -2.15. The predicted molar refractivity (Wildman–Crippen MR) is 284 cm³/mol. The summed E-state index contributed by atoms with van der Waals surface area (Å²) in [5.74, 6) is 3.52. The Bertz CT molecular complexity index is 2750. The standard InChI is InChI=1S/C58H66O16SSe/c1-62-46-21-11-40(12-22-46)31-67-37-54-55(71-35-44-19-29-50(66-5)30-20-44)52(69-33-42-15-25-48(64-3)26-16-42)38-76(54)39-53(70-34-43-17-27-49(65-4)28-18-43)57(74-75(59,60)61)56-51(68-32-41-13-23-47(63-2)24-14-41)36-72-58(73-56)45-9-7-6-8-10-45/h6-30,51-58H,31-39H2,1-5H3/p+1/t51-,52-,53-,54-,55+,56-,57-,58?,76?/m1/s1. The summed E-state index contributed by atoms with van der Waals surface area (Å²) in [5, 5.41) is 0.860. The maximum absolute atomic E-state index is 13.3. The van der Waals surface area contributed by atoms with Crippen LogP contribution in [0.1, 0.15) is 39.7 Å². The second kappa shape index (κ2) is 28.2. The van der Waals surface area contributed by atoms with E-state index >= 15 is 0 Å². The van der Waals surface area contributed by atoms with Crippen LogP contribution < -0.4 is 23.7 Å². The molecule has 1 N–H and O–H groups in total. The van der Waals surface area contributed by atoms with Crippen LogP contribution in [0.3, 0.4) is 0 Å². The molecule has 0 spiro atoms. The van der Waals surface area contributed by atoms with E-state index in [2.05, 4.69) is 0 Å². The number of hydrogen-bond acceptors (Lipinski definition) is 15. The third kappa shape index (κ3) is 16.2. The van der Waals surface area contributed by atoms with Crippen LogP contribution in [0.2, 0.25) is 15.5 Å². The van der Waals surface area contributed by atoms with Crippen molar-refractivity contribution in [1.29, 1.82) is 0 Å². The van der Waals surface area contributed by atoms with Gasteiger partial charge in [0, 0.05) is 0 Å². The molecule has 2 heterocycles. The fourth-order valence-corrected chi connectivity index (χ4v) is 15.7. The van der Waals surface area contributed by atoms with Gasteiger partial charge in [0.15, 0.2) is 0 Å². The summed E-state index contributed by atoms with van der Waals surface area (Å²) in [4.78, 5) is -0.231. The number of benzene rings is 6. The van der Waals surface area contributed by atoms with Crippen molar-refractivity contribution in [2.75, 3.05) is 48.8 Å². The zero-order valence-corrected chi connectivity index (χ0v) is 45.8. The summed E-state index contributed by atoms with van der Waals surface area (Å²) in [7, 11) is 2.89. The molecule has 0 saturated carbocycles. The van der Waals surface area contributed by atoms with Gasteiger partial charge in [-0.05, 0) is 0 Å². The molecule has 2 fully saturated rings. The fourth-order valence-electron chi connectivity index (χ4n) is 8.98. The number of methoxy groups -OCH3 is 5. The zero-order chi connectivity index (χ0) is 53.3. The van der Waals surface area contributed by atoms with Gasteiger partial charge in [0.1, 0.15) is 0 Å². The van der Waals surface area contributed by atoms with Crippen LogP contribution in [0.25, 0.3) is 0 Å². The average Bonchev–Trinajstić information content (AvgIpc) is 3.79. The number of hydrogen-bond donors (Lipinski definition) is 1. The molecule has 18 heteroatoms. The molecule has 2 aliphatic rings.